The highest BCUT2D eigenvalue weighted by molar-refractivity contribution is 9.10. The average molecular weight is 327 g/mol. The van der Waals surface area contributed by atoms with Gasteiger partial charge in [0.05, 0.1) is 5.56 Å². The summed E-state index contributed by atoms with van der Waals surface area (Å²) in [6, 6.07) is 7.50. The third-order valence-electron chi connectivity index (χ3n) is 3.20. The maximum Gasteiger partial charge on any atom is 0.252 e. The number of amides is 1. The van der Waals surface area contributed by atoms with Gasteiger partial charge >= 0.3 is 0 Å². The number of nitrogens with one attached hydrogen (secondary N) is 1. The van der Waals surface area contributed by atoms with E-state index in [0.717, 1.165) is 43.5 Å². The Morgan fingerprint density at radius 2 is 1.89 bits per heavy atom. The molecule has 0 radical (unpaired) electrons. The molecule has 0 aliphatic heterocycles. The molecule has 0 aliphatic rings. The van der Waals surface area contributed by atoms with Gasteiger partial charge in [-0.05, 0) is 60.5 Å². The van der Waals surface area contributed by atoms with Crippen LogP contribution in [-0.2, 0) is 0 Å². The number of benzene rings is 1. The second-order valence-corrected chi connectivity index (χ2v) is 5.32. The molecule has 0 bridgehead atoms. The minimum absolute atomic E-state index is 0.00434. The number of hydrogen-bond donors (Lipinski definition) is 1. The first-order valence-corrected chi connectivity index (χ1v) is 7.73. The van der Waals surface area contributed by atoms with Crippen LogP contribution in [0.25, 0.3) is 0 Å². The highest BCUT2D eigenvalue weighted by atomic mass is 79.9. The summed E-state index contributed by atoms with van der Waals surface area (Å²) in [5.41, 5.74) is 0.700. The molecule has 1 aromatic rings. The van der Waals surface area contributed by atoms with E-state index < -0.39 is 0 Å². The molecular weight excluding hydrogens is 304 g/mol. The van der Waals surface area contributed by atoms with Crippen LogP contribution < -0.4 is 5.32 Å². The van der Waals surface area contributed by atoms with E-state index in [9.17, 15) is 4.79 Å². The molecule has 4 heteroatoms. The Morgan fingerprint density at radius 3 is 2.53 bits per heavy atom. The Hall–Kier alpha value is -0.870. The maximum atomic E-state index is 11.9. The second-order valence-electron chi connectivity index (χ2n) is 4.47. The zero-order chi connectivity index (χ0) is 14.1. The summed E-state index contributed by atoms with van der Waals surface area (Å²) in [5, 5.41) is 2.96. The van der Waals surface area contributed by atoms with E-state index >= 15 is 0 Å². The van der Waals surface area contributed by atoms with Crippen LogP contribution in [0.3, 0.4) is 0 Å². The van der Waals surface area contributed by atoms with Gasteiger partial charge < -0.3 is 10.2 Å². The Kier molecular flexibility index (Phi) is 7.75. The summed E-state index contributed by atoms with van der Waals surface area (Å²) < 4.78 is 0.843. The fraction of sp³-hybridized carbons (Fsp3) is 0.533. The number of carbonyl (C=O) groups excluding carboxylic acids is 1. The lowest BCUT2D eigenvalue weighted by Gasteiger charge is -2.17. The molecule has 0 saturated heterocycles. The summed E-state index contributed by atoms with van der Waals surface area (Å²) in [4.78, 5) is 14.3. The number of rotatable bonds is 8. The molecule has 1 rings (SSSR count). The molecule has 3 nitrogen and oxygen atoms in total. The van der Waals surface area contributed by atoms with Gasteiger partial charge in [-0.1, -0.05) is 26.0 Å². The predicted octanol–water partition coefficient (Wildman–Crippen LogP) is 3.30. The monoisotopic (exact) mass is 326 g/mol. The highest BCUT2D eigenvalue weighted by Crippen LogP contribution is 2.15. The van der Waals surface area contributed by atoms with E-state index in [0.29, 0.717) is 5.56 Å². The van der Waals surface area contributed by atoms with E-state index in [1.54, 1.807) is 0 Å². The fourth-order valence-electron chi connectivity index (χ4n) is 1.94. The largest absolute Gasteiger partial charge is 0.352 e. The molecule has 106 valence electrons. The first-order chi connectivity index (χ1) is 9.19. The number of carbonyl (C=O) groups is 1. The van der Waals surface area contributed by atoms with Crippen molar-refractivity contribution < 1.29 is 4.79 Å². The number of halogens is 1. The topological polar surface area (TPSA) is 32.3 Å². The Bertz CT molecular complexity index is 391. The van der Waals surface area contributed by atoms with Gasteiger partial charge in [-0.25, -0.2) is 0 Å². The standard InChI is InChI=1S/C15H23BrN2O/c1-3-18(4-2)12-8-7-11-17-15(19)13-9-5-6-10-14(13)16/h5-6,9-10H,3-4,7-8,11-12H2,1-2H3,(H,17,19). The summed E-state index contributed by atoms with van der Waals surface area (Å²) in [6.45, 7) is 8.40. The predicted molar refractivity (Wildman–Crippen MR) is 83.5 cm³/mol. The van der Waals surface area contributed by atoms with Gasteiger partial charge in [-0.3, -0.25) is 4.79 Å². The van der Waals surface area contributed by atoms with Crippen molar-refractivity contribution >= 4 is 21.8 Å². The first kappa shape index (κ1) is 16.2. The molecule has 0 atom stereocenters. The highest BCUT2D eigenvalue weighted by Gasteiger charge is 2.07. The van der Waals surface area contributed by atoms with Gasteiger partial charge in [-0.15, -0.1) is 0 Å². The van der Waals surface area contributed by atoms with Crippen LogP contribution >= 0.6 is 15.9 Å². The van der Waals surface area contributed by atoms with Crippen molar-refractivity contribution in [3.05, 3.63) is 34.3 Å². The fourth-order valence-corrected chi connectivity index (χ4v) is 2.41. The van der Waals surface area contributed by atoms with Crippen LogP contribution in [0.5, 0.6) is 0 Å². The molecular formula is C15H23BrN2O. The van der Waals surface area contributed by atoms with Crippen LogP contribution in [0.15, 0.2) is 28.7 Å². The second kappa shape index (κ2) is 9.10. The van der Waals surface area contributed by atoms with Gasteiger partial charge in [-0.2, -0.15) is 0 Å². The molecule has 0 heterocycles. The molecule has 19 heavy (non-hydrogen) atoms. The van der Waals surface area contributed by atoms with Crippen molar-refractivity contribution in [1.82, 2.24) is 10.2 Å². The van der Waals surface area contributed by atoms with E-state index in [1.807, 2.05) is 24.3 Å². The first-order valence-electron chi connectivity index (χ1n) is 6.94. The summed E-state index contributed by atoms with van der Waals surface area (Å²) >= 11 is 3.39. The smallest absolute Gasteiger partial charge is 0.252 e. The summed E-state index contributed by atoms with van der Waals surface area (Å²) in [5.74, 6) is -0.00434. The van der Waals surface area contributed by atoms with E-state index in [4.69, 9.17) is 0 Å². The third kappa shape index (κ3) is 5.74. The van der Waals surface area contributed by atoms with Crippen LogP contribution in [0.4, 0.5) is 0 Å². The minimum Gasteiger partial charge on any atom is -0.352 e. The van der Waals surface area contributed by atoms with E-state index in [1.165, 1.54) is 0 Å². The Morgan fingerprint density at radius 1 is 1.21 bits per heavy atom. The van der Waals surface area contributed by atoms with Crippen LogP contribution in [0, 0.1) is 0 Å². The van der Waals surface area contributed by atoms with Crippen LogP contribution in [0.2, 0.25) is 0 Å². The molecule has 1 N–H and O–H groups in total. The SMILES string of the molecule is CCN(CC)CCCCNC(=O)c1ccccc1Br. The van der Waals surface area contributed by atoms with Crippen molar-refractivity contribution in [2.24, 2.45) is 0 Å². The molecule has 0 saturated carbocycles. The van der Waals surface area contributed by atoms with E-state index in [-0.39, 0.29) is 5.91 Å². The lowest BCUT2D eigenvalue weighted by molar-refractivity contribution is 0.0952. The van der Waals surface area contributed by atoms with Gasteiger partial charge in [0.2, 0.25) is 0 Å². The number of hydrogen-bond acceptors (Lipinski definition) is 2. The average Bonchev–Trinajstić information content (AvgIpc) is 2.43. The molecule has 0 unspecified atom stereocenters. The van der Waals surface area contributed by atoms with Gasteiger partial charge in [0.1, 0.15) is 0 Å². The van der Waals surface area contributed by atoms with Crippen molar-refractivity contribution in [3.8, 4) is 0 Å². The van der Waals surface area contributed by atoms with Crippen molar-refractivity contribution in [1.29, 1.82) is 0 Å². The molecule has 0 fully saturated rings. The van der Waals surface area contributed by atoms with Gasteiger partial charge in [0.25, 0.3) is 5.91 Å². The molecule has 0 aromatic heterocycles. The maximum absolute atomic E-state index is 11.9. The third-order valence-corrected chi connectivity index (χ3v) is 3.89. The van der Waals surface area contributed by atoms with Crippen molar-refractivity contribution in [3.63, 3.8) is 0 Å². The summed E-state index contributed by atoms with van der Waals surface area (Å²) in [7, 11) is 0. The lowest BCUT2D eigenvalue weighted by Crippen LogP contribution is -2.27. The minimum atomic E-state index is -0.00434. The number of nitrogens with zero attached hydrogens (tertiary/aromatic N) is 1. The van der Waals surface area contributed by atoms with E-state index in [2.05, 4.69) is 40.0 Å². The number of unbranched alkanes of at least 4 members (excludes halogenated alkanes) is 1. The molecule has 0 aliphatic carbocycles. The van der Waals surface area contributed by atoms with Gasteiger partial charge in [0.15, 0.2) is 0 Å². The van der Waals surface area contributed by atoms with Gasteiger partial charge in [0, 0.05) is 11.0 Å². The molecule has 1 aromatic carbocycles. The van der Waals surface area contributed by atoms with Crippen LogP contribution in [0.1, 0.15) is 37.0 Å². The normalized spacial score (nSPS) is 10.7. The zero-order valence-electron chi connectivity index (χ0n) is 11.8. The molecule has 1 amide bonds. The Labute approximate surface area is 124 Å². The quantitative estimate of drug-likeness (QED) is 0.743. The summed E-state index contributed by atoms with van der Waals surface area (Å²) in [6.07, 6.45) is 2.14. The van der Waals surface area contributed by atoms with Crippen molar-refractivity contribution in [2.45, 2.75) is 26.7 Å². The lowest BCUT2D eigenvalue weighted by atomic mass is 10.2. The zero-order valence-corrected chi connectivity index (χ0v) is 13.4. The van der Waals surface area contributed by atoms with Crippen LogP contribution in [-0.4, -0.2) is 37.0 Å². The molecule has 0 spiro atoms. The van der Waals surface area contributed by atoms with Crippen molar-refractivity contribution in [2.75, 3.05) is 26.2 Å². The Balaban J connectivity index is 2.23.